The van der Waals surface area contributed by atoms with E-state index in [0.717, 1.165) is 0 Å². The van der Waals surface area contributed by atoms with Gasteiger partial charge in [-0.2, -0.15) is 0 Å². The SMILES string of the molecule is Cc1nc(C(C)(C)C)nc(N)c1C(N)=O. The van der Waals surface area contributed by atoms with Crippen LogP contribution < -0.4 is 11.5 Å². The molecule has 0 spiro atoms. The summed E-state index contributed by atoms with van der Waals surface area (Å²) in [6, 6.07) is 0. The van der Waals surface area contributed by atoms with Crippen molar-refractivity contribution in [3.05, 3.63) is 17.1 Å². The van der Waals surface area contributed by atoms with Crippen LogP contribution in [0.15, 0.2) is 0 Å². The number of aromatic nitrogens is 2. The van der Waals surface area contributed by atoms with Crippen LogP contribution in [0.4, 0.5) is 5.82 Å². The smallest absolute Gasteiger partial charge is 0.254 e. The van der Waals surface area contributed by atoms with E-state index >= 15 is 0 Å². The molecule has 0 atom stereocenters. The van der Waals surface area contributed by atoms with E-state index in [1.807, 2.05) is 20.8 Å². The second-order valence-corrected chi connectivity index (χ2v) is 4.51. The third-order valence-electron chi connectivity index (χ3n) is 2.04. The molecule has 0 bridgehead atoms. The summed E-state index contributed by atoms with van der Waals surface area (Å²) in [5, 5.41) is 0. The van der Waals surface area contributed by atoms with Crippen molar-refractivity contribution in [3.8, 4) is 0 Å². The molecule has 0 aliphatic heterocycles. The molecular formula is C10H16N4O. The standard InChI is InChI=1S/C10H16N4O/c1-5-6(8(12)15)7(11)14-9(13-5)10(2,3)4/h1-4H3,(H2,12,15)(H2,11,13,14). The normalized spacial score (nSPS) is 11.5. The Hall–Kier alpha value is -1.65. The lowest BCUT2D eigenvalue weighted by atomic mass is 9.95. The quantitative estimate of drug-likeness (QED) is 0.712. The lowest BCUT2D eigenvalue weighted by Crippen LogP contribution is -2.23. The van der Waals surface area contributed by atoms with Gasteiger partial charge in [0.15, 0.2) is 0 Å². The van der Waals surface area contributed by atoms with E-state index < -0.39 is 5.91 Å². The maximum absolute atomic E-state index is 11.1. The predicted octanol–water partition coefficient (Wildman–Crippen LogP) is 0.764. The highest BCUT2D eigenvalue weighted by Gasteiger charge is 2.21. The first-order valence-electron chi connectivity index (χ1n) is 4.68. The van der Waals surface area contributed by atoms with E-state index in [0.29, 0.717) is 11.5 Å². The molecule has 1 rings (SSSR count). The lowest BCUT2D eigenvalue weighted by molar-refractivity contribution is 0.0999. The molecule has 1 amide bonds. The number of anilines is 1. The summed E-state index contributed by atoms with van der Waals surface area (Å²) < 4.78 is 0. The molecule has 4 N–H and O–H groups in total. The van der Waals surface area contributed by atoms with Gasteiger partial charge in [0.05, 0.1) is 5.69 Å². The van der Waals surface area contributed by atoms with Crippen LogP contribution in [0.25, 0.3) is 0 Å². The van der Waals surface area contributed by atoms with Gasteiger partial charge in [-0.3, -0.25) is 4.79 Å². The summed E-state index contributed by atoms with van der Waals surface area (Å²) in [7, 11) is 0. The van der Waals surface area contributed by atoms with E-state index in [-0.39, 0.29) is 16.8 Å². The average molecular weight is 208 g/mol. The third-order valence-corrected chi connectivity index (χ3v) is 2.04. The molecule has 1 aromatic rings. The summed E-state index contributed by atoms with van der Waals surface area (Å²) >= 11 is 0. The molecular weight excluding hydrogens is 192 g/mol. The van der Waals surface area contributed by atoms with Crippen LogP contribution in [0.5, 0.6) is 0 Å². The van der Waals surface area contributed by atoms with Crippen LogP contribution in [-0.2, 0) is 5.41 Å². The number of carbonyl (C=O) groups excluding carboxylic acids is 1. The van der Waals surface area contributed by atoms with Crippen LogP contribution in [0.1, 0.15) is 42.6 Å². The minimum absolute atomic E-state index is 0.153. The number of amides is 1. The topological polar surface area (TPSA) is 94.9 Å². The number of primary amides is 1. The van der Waals surface area contributed by atoms with E-state index in [4.69, 9.17) is 11.5 Å². The molecule has 0 radical (unpaired) electrons. The molecule has 0 saturated carbocycles. The van der Waals surface area contributed by atoms with Gasteiger partial charge in [-0.25, -0.2) is 9.97 Å². The van der Waals surface area contributed by atoms with Gasteiger partial charge in [0.25, 0.3) is 5.91 Å². The van der Waals surface area contributed by atoms with Gasteiger partial charge in [0.2, 0.25) is 0 Å². The molecule has 15 heavy (non-hydrogen) atoms. The van der Waals surface area contributed by atoms with Crippen molar-refractivity contribution in [1.82, 2.24) is 9.97 Å². The molecule has 0 aliphatic carbocycles. The highest BCUT2D eigenvalue weighted by molar-refractivity contribution is 5.98. The van der Waals surface area contributed by atoms with Crippen molar-refractivity contribution in [2.24, 2.45) is 5.73 Å². The summed E-state index contributed by atoms with van der Waals surface area (Å²) in [5.74, 6) is 0.174. The second kappa shape index (κ2) is 3.49. The molecule has 5 heteroatoms. The fraction of sp³-hybridized carbons (Fsp3) is 0.500. The van der Waals surface area contributed by atoms with Gasteiger partial charge in [0.1, 0.15) is 17.2 Å². The van der Waals surface area contributed by atoms with Gasteiger partial charge >= 0.3 is 0 Å². The number of aryl methyl sites for hydroxylation is 1. The average Bonchev–Trinajstić information content (AvgIpc) is 1.99. The molecule has 0 aliphatic rings. The van der Waals surface area contributed by atoms with Crippen molar-refractivity contribution in [3.63, 3.8) is 0 Å². The fourth-order valence-electron chi connectivity index (χ4n) is 1.24. The molecule has 1 aromatic heterocycles. The number of carbonyl (C=O) groups is 1. The van der Waals surface area contributed by atoms with Crippen LogP contribution in [0.2, 0.25) is 0 Å². The maximum Gasteiger partial charge on any atom is 0.254 e. The zero-order valence-corrected chi connectivity index (χ0v) is 9.46. The molecule has 82 valence electrons. The van der Waals surface area contributed by atoms with E-state index in [2.05, 4.69) is 9.97 Å². The largest absolute Gasteiger partial charge is 0.383 e. The summed E-state index contributed by atoms with van der Waals surface area (Å²) in [5.41, 5.74) is 11.4. The van der Waals surface area contributed by atoms with Gasteiger partial charge in [-0.15, -0.1) is 0 Å². The third kappa shape index (κ3) is 2.23. The van der Waals surface area contributed by atoms with Crippen molar-refractivity contribution in [2.45, 2.75) is 33.1 Å². The summed E-state index contributed by atoms with van der Waals surface area (Å²) in [6.45, 7) is 7.63. The zero-order valence-electron chi connectivity index (χ0n) is 9.46. The van der Waals surface area contributed by atoms with Crippen LogP contribution in [0.3, 0.4) is 0 Å². The minimum atomic E-state index is -0.592. The summed E-state index contributed by atoms with van der Waals surface area (Å²) in [4.78, 5) is 19.4. The summed E-state index contributed by atoms with van der Waals surface area (Å²) in [6.07, 6.45) is 0. The molecule has 0 unspecified atom stereocenters. The van der Waals surface area contributed by atoms with Crippen molar-refractivity contribution < 1.29 is 4.79 Å². The molecule has 0 saturated heterocycles. The number of nitrogens with two attached hydrogens (primary N) is 2. The second-order valence-electron chi connectivity index (χ2n) is 4.51. The molecule has 0 aromatic carbocycles. The zero-order chi connectivity index (χ0) is 11.8. The Morgan fingerprint density at radius 2 is 1.80 bits per heavy atom. The number of nitrogens with zero attached hydrogens (tertiary/aromatic N) is 2. The first kappa shape index (κ1) is 11.4. The number of rotatable bonds is 1. The van der Waals surface area contributed by atoms with Crippen molar-refractivity contribution in [2.75, 3.05) is 5.73 Å². The Kier molecular flexibility index (Phi) is 2.66. The number of hydrogen-bond donors (Lipinski definition) is 2. The van der Waals surface area contributed by atoms with Crippen molar-refractivity contribution >= 4 is 11.7 Å². The molecule has 5 nitrogen and oxygen atoms in total. The maximum atomic E-state index is 11.1. The molecule has 0 fully saturated rings. The monoisotopic (exact) mass is 208 g/mol. The number of nitrogen functional groups attached to an aromatic ring is 1. The van der Waals surface area contributed by atoms with Gasteiger partial charge in [0, 0.05) is 5.41 Å². The minimum Gasteiger partial charge on any atom is -0.383 e. The van der Waals surface area contributed by atoms with E-state index in [1.165, 1.54) is 0 Å². The lowest BCUT2D eigenvalue weighted by Gasteiger charge is -2.18. The van der Waals surface area contributed by atoms with Gasteiger partial charge in [-0.1, -0.05) is 20.8 Å². The Labute approximate surface area is 88.9 Å². The fourth-order valence-corrected chi connectivity index (χ4v) is 1.24. The van der Waals surface area contributed by atoms with Crippen LogP contribution >= 0.6 is 0 Å². The first-order valence-corrected chi connectivity index (χ1v) is 4.68. The van der Waals surface area contributed by atoms with Gasteiger partial charge < -0.3 is 11.5 Å². The van der Waals surface area contributed by atoms with Crippen LogP contribution in [0, 0.1) is 6.92 Å². The first-order chi connectivity index (χ1) is 6.73. The number of hydrogen-bond acceptors (Lipinski definition) is 4. The Balaban J connectivity index is 3.39. The van der Waals surface area contributed by atoms with Crippen LogP contribution in [-0.4, -0.2) is 15.9 Å². The molecule has 1 heterocycles. The van der Waals surface area contributed by atoms with Gasteiger partial charge in [-0.05, 0) is 6.92 Å². The Morgan fingerprint density at radius 1 is 1.27 bits per heavy atom. The predicted molar refractivity (Wildman–Crippen MR) is 58.4 cm³/mol. The Bertz CT molecular complexity index is 383. The van der Waals surface area contributed by atoms with E-state index in [9.17, 15) is 4.79 Å². The highest BCUT2D eigenvalue weighted by atomic mass is 16.1. The highest BCUT2D eigenvalue weighted by Crippen LogP contribution is 2.21. The Morgan fingerprint density at radius 3 is 2.13 bits per heavy atom. The van der Waals surface area contributed by atoms with E-state index in [1.54, 1.807) is 6.92 Å². The van der Waals surface area contributed by atoms with Crippen molar-refractivity contribution in [1.29, 1.82) is 0 Å².